The zero-order chi connectivity index (χ0) is 7.52. The molecule has 1 saturated heterocycles. The van der Waals surface area contributed by atoms with E-state index in [-0.39, 0.29) is 0 Å². The lowest BCUT2D eigenvalue weighted by atomic mass is 10.0. The van der Waals surface area contributed by atoms with Gasteiger partial charge in [-0.15, -0.1) is 0 Å². The fourth-order valence-corrected chi connectivity index (χ4v) is 2.22. The van der Waals surface area contributed by atoms with Gasteiger partial charge in [0.15, 0.2) is 0 Å². The fraction of sp³-hybridized carbons (Fsp3) is 1.00. The van der Waals surface area contributed by atoms with Gasteiger partial charge in [0.1, 0.15) is 0 Å². The van der Waals surface area contributed by atoms with E-state index in [9.17, 15) is 0 Å². The van der Waals surface area contributed by atoms with Crippen molar-refractivity contribution in [3.63, 3.8) is 0 Å². The van der Waals surface area contributed by atoms with Crippen molar-refractivity contribution < 1.29 is 0 Å². The molecule has 1 aliphatic heterocycles. The first-order valence-corrected chi connectivity index (χ1v) is 5.23. The molecule has 2 aliphatic rings. The first-order valence-electron chi connectivity index (χ1n) is 5.23. The van der Waals surface area contributed by atoms with Gasteiger partial charge in [0, 0.05) is 12.1 Å². The Kier molecular flexibility index (Phi) is 2.47. The second-order valence-corrected chi connectivity index (χ2v) is 4.08. The highest BCUT2D eigenvalue weighted by molar-refractivity contribution is 4.97. The molecule has 1 heteroatoms. The maximum atomic E-state index is 3.57. The third kappa shape index (κ3) is 2.19. The van der Waals surface area contributed by atoms with Crippen molar-refractivity contribution in [3.8, 4) is 0 Å². The van der Waals surface area contributed by atoms with Crippen LogP contribution < -0.4 is 5.32 Å². The summed E-state index contributed by atoms with van der Waals surface area (Å²) in [5.74, 6) is 0. The highest BCUT2D eigenvalue weighted by Crippen LogP contribution is 2.25. The van der Waals surface area contributed by atoms with Crippen molar-refractivity contribution in [2.45, 2.75) is 63.5 Å². The topological polar surface area (TPSA) is 21.9 Å². The van der Waals surface area contributed by atoms with Crippen LogP contribution in [0.5, 0.6) is 0 Å². The summed E-state index contributed by atoms with van der Waals surface area (Å²) in [7, 11) is 0. The zero-order valence-corrected chi connectivity index (χ0v) is 7.31. The Balaban J connectivity index is 1.72. The van der Waals surface area contributed by atoms with E-state index < -0.39 is 0 Å². The van der Waals surface area contributed by atoms with Gasteiger partial charge in [0.25, 0.3) is 0 Å². The second-order valence-electron chi connectivity index (χ2n) is 4.08. The minimum atomic E-state index is 0.924. The van der Waals surface area contributed by atoms with E-state index in [1.54, 1.807) is 0 Å². The zero-order valence-electron chi connectivity index (χ0n) is 7.31. The van der Waals surface area contributed by atoms with Gasteiger partial charge < -0.3 is 5.32 Å². The van der Waals surface area contributed by atoms with E-state index in [1.165, 1.54) is 51.4 Å². The molecule has 0 spiro atoms. The first-order chi connectivity index (χ1) is 5.47. The summed E-state index contributed by atoms with van der Waals surface area (Å²) >= 11 is 0. The van der Waals surface area contributed by atoms with Gasteiger partial charge in [-0.05, 0) is 12.8 Å². The third-order valence-corrected chi connectivity index (χ3v) is 3.08. The molecule has 0 aromatic heterocycles. The quantitative estimate of drug-likeness (QED) is 0.530. The molecule has 0 bridgehead atoms. The van der Waals surface area contributed by atoms with Gasteiger partial charge in [0.2, 0.25) is 0 Å². The number of hydrogen-bond donors (Lipinski definition) is 1. The summed E-state index contributed by atoms with van der Waals surface area (Å²) in [4.78, 5) is 0. The molecule has 0 radical (unpaired) electrons. The van der Waals surface area contributed by atoms with Crippen LogP contribution in [-0.2, 0) is 0 Å². The van der Waals surface area contributed by atoms with Crippen LogP contribution in [0.25, 0.3) is 0 Å². The molecule has 2 rings (SSSR count). The molecule has 0 aromatic carbocycles. The smallest absolute Gasteiger partial charge is 0.0224 e. The highest BCUT2D eigenvalue weighted by atomic mass is 15.1. The molecule has 2 atom stereocenters. The molecular formula is C10H19N. The van der Waals surface area contributed by atoms with Crippen molar-refractivity contribution >= 4 is 0 Å². The van der Waals surface area contributed by atoms with Crippen molar-refractivity contribution in [1.29, 1.82) is 0 Å². The monoisotopic (exact) mass is 153 g/mol. The van der Waals surface area contributed by atoms with E-state index in [0.29, 0.717) is 0 Å². The lowest BCUT2D eigenvalue weighted by Gasteiger charge is -2.03. The van der Waals surface area contributed by atoms with Gasteiger partial charge >= 0.3 is 0 Å². The molecular weight excluding hydrogens is 134 g/mol. The Bertz CT molecular complexity index is 108. The molecule has 1 N–H and O–H groups in total. The van der Waals surface area contributed by atoms with Crippen LogP contribution in [-0.4, -0.2) is 12.1 Å². The SMILES string of the molecule is C1CCCCC2NC2CCC1. The fourth-order valence-electron chi connectivity index (χ4n) is 2.22. The Morgan fingerprint density at radius 3 is 1.64 bits per heavy atom. The molecule has 1 saturated carbocycles. The van der Waals surface area contributed by atoms with Crippen LogP contribution in [0.3, 0.4) is 0 Å². The van der Waals surface area contributed by atoms with E-state index in [0.717, 1.165) is 12.1 Å². The summed E-state index contributed by atoms with van der Waals surface area (Å²) in [6, 6.07) is 1.85. The van der Waals surface area contributed by atoms with E-state index in [1.807, 2.05) is 0 Å². The molecule has 11 heavy (non-hydrogen) atoms. The molecule has 0 aromatic rings. The van der Waals surface area contributed by atoms with Gasteiger partial charge in [-0.3, -0.25) is 0 Å². The number of rotatable bonds is 0. The maximum absolute atomic E-state index is 3.57. The summed E-state index contributed by atoms with van der Waals surface area (Å²) in [5.41, 5.74) is 0. The Labute approximate surface area is 69.6 Å². The minimum absolute atomic E-state index is 0.924. The van der Waals surface area contributed by atoms with Crippen molar-refractivity contribution in [2.24, 2.45) is 0 Å². The standard InChI is InChI=1S/C10H19N/c1-2-4-6-8-10-9(11-10)7-5-3-1/h9-11H,1-8H2. The molecule has 1 heterocycles. The Morgan fingerprint density at radius 1 is 0.636 bits per heavy atom. The summed E-state index contributed by atoms with van der Waals surface area (Å²) < 4.78 is 0. The second kappa shape index (κ2) is 3.57. The lowest BCUT2D eigenvalue weighted by Crippen LogP contribution is -1.96. The van der Waals surface area contributed by atoms with Crippen molar-refractivity contribution in [1.82, 2.24) is 5.32 Å². The highest BCUT2D eigenvalue weighted by Gasteiger charge is 2.34. The molecule has 2 fully saturated rings. The molecule has 64 valence electrons. The Hall–Kier alpha value is -0.0400. The summed E-state index contributed by atoms with van der Waals surface area (Å²) in [6.07, 6.45) is 11.8. The lowest BCUT2D eigenvalue weighted by molar-refractivity contribution is 0.539. The van der Waals surface area contributed by atoms with Gasteiger partial charge in [-0.2, -0.15) is 0 Å². The van der Waals surface area contributed by atoms with Gasteiger partial charge in [-0.1, -0.05) is 38.5 Å². The molecule has 1 aliphatic carbocycles. The number of fused-ring (bicyclic) bond motifs is 1. The van der Waals surface area contributed by atoms with Gasteiger partial charge in [0.05, 0.1) is 0 Å². The average molecular weight is 153 g/mol. The predicted molar refractivity (Wildman–Crippen MR) is 47.6 cm³/mol. The normalized spacial score (nSPS) is 39.3. The predicted octanol–water partition coefficient (Wildman–Crippen LogP) is 2.46. The summed E-state index contributed by atoms with van der Waals surface area (Å²) in [5, 5.41) is 3.57. The summed E-state index contributed by atoms with van der Waals surface area (Å²) in [6.45, 7) is 0. The van der Waals surface area contributed by atoms with Crippen LogP contribution in [0, 0.1) is 0 Å². The molecule has 1 nitrogen and oxygen atoms in total. The largest absolute Gasteiger partial charge is 0.308 e. The Morgan fingerprint density at radius 2 is 1.09 bits per heavy atom. The van der Waals surface area contributed by atoms with E-state index >= 15 is 0 Å². The van der Waals surface area contributed by atoms with Crippen molar-refractivity contribution in [3.05, 3.63) is 0 Å². The first kappa shape index (κ1) is 7.60. The van der Waals surface area contributed by atoms with Crippen LogP contribution in [0.1, 0.15) is 51.4 Å². The van der Waals surface area contributed by atoms with Crippen molar-refractivity contribution in [2.75, 3.05) is 0 Å². The van der Waals surface area contributed by atoms with E-state index in [4.69, 9.17) is 0 Å². The molecule has 2 unspecified atom stereocenters. The van der Waals surface area contributed by atoms with Gasteiger partial charge in [-0.25, -0.2) is 0 Å². The van der Waals surface area contributed by atoms with E-state index in [2.05, 4.69) is 5.32 Å². The van der Waals surface area contributed by atoms with Crippen LogP contribution in [0.15, 0.2) is 0 Å². The van der Waals surface area contributed by atoms with Crippen LogP contribution in [0.2, 0.25) is 0 Å². The van der Waals surface area contributed by atoms with Crippen LogP contribution in [0.4, 0.5) is 0 Å². The number of hydrogen-bond acceptors (Lipinski definition) is 1. The van der Waals surface area contributed by atoms with Crippen LogP contribution >= 0.6 is 0 Å². The molecule has 0 amide bonds. The number of nitrogens with one attached hydrogen (secondary N) is 1. The average Bonchev–Trinajstić information content (AvgIpc) is 2.76. The third-order valence-electron chi connectivity index (χ3n) is 3.08. The maximum Gasteiger partial charge on any atom is 0.0224 e. The minimum Gasteiger partial charge on any atom is -0.308 e.